The standard InChI is InChI=1S/C22H42Si/c1-2-3-19-23(20-13-7-4-8-14-20,21-15-9-5-10-16-21)22-17-11-6-12-18-22/h20-22H,2-19H2,1H3. The van der Waals surface area contributed by atoms with Crippen molar-refractivity contribution in [1.82, 2.24) is 0 Å². The van der Waals surface area contributed by atoms with E-state index in [1.807, 2.05) is 0 Å². The van der Waals surface area contributed by atoms with Crippen molar-refractivity contribution in [3.63, 3.8) is 0 Å². The third kappa shape index (κ3) is 4.07. The summed E-state index contributed by atoms with van der Waals surface area (Å²) in [6, 6.07) is 1.73. The molecular weight excluding hydrogens is 292 g/mol. The molecule has 3 aliphatic rings. The average molecular weight is 335 g/mol. The van der Waals surface area contributed by atoms with Gasteiger partial charge in [-0.25, -0.2) is 0 Å². The second-order valence-electron chi connectivity index (χ2n) is 9.22. The van der Waals surface area contributed by atoms with Gasteiger partial charge in [0, 0.05) is 0 Å². The van der Waals surface area contributed by atoms with Gasteiger partial charge < -0.3 is 0 Å². The minimum Gasteiger partial charge on any atom is -0.0654 e. The highest BCUT2D eigenvalue weighted by Crippen LogP contribution is 2.58. The van der Waals surface area contributed by atoms with Crippen molar-refractivity contribution in [1.29, 1.82) is 0 Å². The topological polar surface area (TPSA) is 0 Å². The lowest BCUT2D eigenvalue weighted by Crippen LogP contribution is -2.51. The summed E-state index contributed by atoms with van der Waals surface area (Å²) in [7, 11) is -1.11. The van der Waals surface area contributed by atoms with Crippen LogP contribution in [-0.4, -0.2) is 8.07 Å². The zero-order valence-electron chi connectivity index (χ0n) is 16.0. The van der Waals surface area contributed by atoms with Crippen LogP contribution >= 0.6 is 0 Å². The van der Waals surface area contributed by atoms with Crippen LogP contribution in [0.5, 0.6) is 0 Å². The zero-order chi connectivity index (χ0) is 16.0. The molecule has 3 fully saturated rings. The Labute approximate surface area is 147 Å². The normalized spacial score (nSPS) is 26.5. The van der Waals surface area contributed by atoms with Crippen LogP contribution in [0, 0.1) is 0 Å². The minimum atomic E-state index is -1.11. The van der Waals surface area contributed by atoms with E-state index in [0.29, 0.717) is 0 Å². The molecule has 0 aromatic rings. The van der Waals surface area contributed by atoms with Crippen molar-refractivity contribution in [2.75, 3.05) is 0 Å². The van der Waals surface area contributed by atoms with E-state index in [1.165, 1.54) is 23.0 Å². The SMILES string of the molecule is CCCC[Si](C1CCCCC1)(C1CCCCC1)C1CCCCC1. The smallest absolute Gasteiger partial charge is 0.0629 e. The van der Waals surface area contributed by atoms with E-state index in [2.05, 4.69) is 6.92 Å². The lowest BCUT2D eigenvalue weighted by atomic mass is 9.98. The molecule has 0 spiro atoms. The number of hydrogen-bond acceptors (Lipinski definition) is 0. The molecule has 0 saturated heterocycles. The zero-order valence-corrected chi connectivity index (χ0v) is 17.0. The molecule has 0 atom stereocenters. The molecule has 0 N–H and O–H groups in total. The van der Waals surface area contributed by atoms with Gasteiger partial charge in [-0.05, 0) is 16.6 Å². The molecule has 23 heavy (non-hydrogen) atoms. The average Bonchev–Trinajstić information content (AvgIpc) is 2.65. The van der Waals surface area contributed by atoms with Crippen LogP contribution < -0.4 is 0 Å². The Bertz CT molecular complexity index is 273. The van der Waals surface area contributed by atoms with Crippen molar-refractivity contribution in [2.45, 2.75) is 139 Å². The molecule has 0 bridgehead atoms. The van der Waals surface area contributed by atoms with Crippen molar-refractivity contribution in [3.8, 4) is 0 Å². The van der Waals surface area contributed by atoms with E-state index in [4.69, 9.17) is 0 Å². The molecule has 0 aromatic heterocycles. The predicted octanol–water partition coefficient (Wildman–Crippen LogP) is 8.24. The van der Waals surface area contributed by atoms with Gasteiger partial charge in [0.2, 0.25) is 0 Å². The number of rotatable bonds is 6. The molecule has 1 heteroatoms. The quantitative estimate of drug-likeness (QED) is 0.429. The maximum absolute atomic E-state index is 2.45. The molecule has 0 radical (unpaired) electrons. The Hall–Kier alpha value is 0.217. The Morgan fingerprint density at radius 2 is 0.913 bits per heavy atom. The fourth-order valence-corrected chi connectivity index (χ4v) is 15.7. The predicted molar refractivity (Wildman–Crippen MR) is 106 cm³/mol. The summed E-state index contributed by atoms with van der Waals surface area (Å²) in [6.07, 6.45) is 26.9. The van der Waals surface area contributed by atoms with Crippen LogP contribution in [-0.2, 0) is 0 Å². The van der Waals surface area contributed by atoms with Gasteiger partial charge in [-0.3, -0.25) is 0 Å². The summed E-state index contributed by atoms with van der Waals surface area (Å²) in [4.78, 5) is 0. The van der Waals surface area contributed by atoms with Gasteiger partial charge in [0.1, 0.15) is 0 Å². The van der Waals surface area contributed by atoms with Crippen molar-refractivity contribution < 1.29 is 0 Å². The van der Waals surface area contributed by atoms with Crippen LogP contribution in [0.4, 0.5) is 0 Å². The van der Waals surface area contributed by atoms with Gasteiger partial charge in [0.15, 0.2) is 0 Å². The highest BCUT2D eigenvalue weighted by Gasteiger charge is 2.51. The van der Waals surface area contributed by atoms with Gasteiger partial charge in [0.05, 0.1) is 8.07 Å². The molecule has 3 rings (SSSR count). The second kappa shape index (κ2) is 9.06. The van der Waals surface area contributed by atoms with Gasteiger partial charge in [-0.15, -0.1) is 0 Å². The van der Waals surface area contributed by atoms with Crippen LogP contribution in [0.15, 0.2) is 0 Å². The number of hydrogen-bond donors (Lipinski definition) is 0. The number of unbranched alkanes of at least 4 members (excludes halogenated alkanes) is 1. The van der Waals surface area contributed by atoms with Gasteiger partial charge >= 0.3 is 0 Å². The molecule has 0 heterocycles. The first-order valence-corrected chi connectivity index (χ1v) is 13.8. The molecule has 3 aliphatic carbocycles. The van der Waals surface area contributed by atoms with E-state index in [-0.39, 0.29) is 0 Å². The van der Waals surface area contributed by atoms with E-state index < -0.39 is 8.07 Å². The van der Waals surface area contributed by atoms with Crippen LogP contribution in [0.1, 0.15) is 116 Å². The molecule has 0 aliphatic heterocycles. The monoisotopic (exact) mass is 334 g/mol. The Morgan fingerprint density at radius 1 is 0.565 bits per heavy atom. The van der Waals surface area contributed by atoms with Crippen molar-refractivity contribution >= 4 is 8.07 Å². The maximum Gasteiger partial charge on any atom is 0.0629 e. The summed E-state index contributed by atoms with van der Waals surface area (Å²) >= 11 is 0. The van der Waals surface area contributed by atoms with Crippen LogP contribution in [0.2, 0.25) is 22.7 Å². The lowest BCUT2D eigenvalue weighted by molar-refractivity contribution is 0.411. The maximum atomic E-state index is 2.45. The van der Waals surface area contributed by atoms with E-state index in [9.17, 15) is 0 Å². The first kappa shape index (κ1) is 18.0. The fourth-order valence-electron chi connectivity index (χ4n) is 7.02. The second-order valence-corrected chi connectivity index (χ2v) is 14.4. The molecule has 0 unspecified atom stereocenters. The third-order valence-electron chi connectivity index (χ3n) is 8.06. The van der Waals surface area contributed by atoms with Gasteiger partial charge in [-0.2, -0.15) is 0 Å². The third-order valence-corrected chi connectivity index (χ3v) is 15.6. The molecule has 0 aromatic carbocycles. The van der Waals surface area contributed by atoms with Gasteiger partial charge in [-0.1, -0.05) is 122 Å². The summed E-state index contributed by atoms with van der Waals surface area (Å²) in [5, 5.41) is 0. The summed E-state index contributed by atoms with van der Waals surface area (Å²) < 4.78 is 0. The summed E-state index contributed by atoms with van der Waals surface area (Å²) in [5.41, 5.74) is 3.69. The Kier molecular flexibility index (Phi) is 7.10. The fraction of sp³-hybridized carbons (Fsp3) is 1.00. The van der Waals surface area contributed by atoms with Crippen LogP contribution in [0.25, 0.3) is 0 Å². The molecular formula is C22H42Si. The minimum absolute atomic E-state index is 1.11. The first-order chi connectivity index (χ1) is 11.4. The van der Waals surface area contributed by atoms with E-state index >= 15 is 0 Å². The largest absolute Gasteiger partial charge is 0.0654 e. The highest BCUT2D eigenvalue weighted by atomic mass is 28.3. The molecule has 0 amide bonds. The van der Waals surface area contributed by atoms with E-state index in [0.717, 1.165) is 0 Å². The lowest BCUT2D eigenvalue weighted by Gasteiger charge is -2.54. The van der Waals surface area contributed by atoms with Crippen LogP contribution in [0.3, 0.4) is 0 Å². The highest BCUT2D eigenvalue weighted by molar-refractivity contribution is 6.84. The summed E-state index contributed by atoms with van der Waals surface area (Å²) in [6.45, 7) is 2.45. The van der Waals surface area contributed by atoms with Crippen molar-refractivity contribution in [3.05, 3.63) is 0 Å². The van der Waals surface area contributed by atoms with Gasteiger partial charge in [0.25, 0.3) is 0 Å². The Morgan fingerprint density at radius 3 is 1.22 bits per heavy atom. The van der Waals surface area contributed by atoms with Crippen molar-refractivity contribution in [2.24, 2.45) is 0 Å². The molecule has 3 saturated carbocycles. The first-order valence-electron chi connectivity index (χ1n) is 11.4. The molecule has 0 nitrogen and oxygen atoms in total. The molecule has 134 valence electrons. The van der Waals surface area contributed by atoms with E-state index in [1.54, 1.807) is 109 Å². The Balaban J connectivity index is 1.88. The summed E-state index contributed by atoms with van der Waals surface area (Å²) in [5.74, 6) is 0.